The summed E-state index contributed by atoms with van der Waals surface area (Å²) in [5.74, 6) is 1.29. The van der Waals surface area contributed by atoms with Crippen LogP contribution in [0.2, 0.25) is 0 Å². The van der Waals surface area contributed by atoms with Crippen LogP contribution in [-0.4, -0.2) is 22.0 Å². The monoisotopic (exact) mass is 468 g/mol. The summed E-state index contributed by atoms with van der Waals surface area (Å²) >= 11 is 0. The Bertz CT molecular complexity index is 1500. The number of carbonyl (C=O) groups excluding carboxylic acids is 1. The Labute approximate surface area is 203 Å². The number of aromatic nitrogens is 1. The Balaban J connectivity index is 1.35. The number of fused-ring (bicyclic) bond motifs is 4. The van der Waals surface area contributed by atoms with Crippen molar-refractivity contribution >= 4 is 22.8 Å². The molecule has 0 amide bonds. The van der Waals surface area contributed by atoms with Crippen LogP contribution in [0.4, 0.5) is 4.39 Å². The van der Waals surface area contributed by atoms with Gasteiger partial charge in [0.2, 0.25) is 5.78 Å². The summed E-state index contributed by atoms with van der Waals surface area (Å²) < 4.78 is 27.8. The van der Waals surface area contributed by atoms with Gasteiger partial charge >= 0.3 is 0 Å². The summed E-state index contributed by atoms with van der Waals surface area (Å²) in [4.78, 5) is 15.5. The third-order valence-corrected chi connectivity index (χ3v) is 6.75. The van der Waals surface area contributed by atoms with Gasteiger partial charge < -0.3 is 14.0 Å². The highest BCUT2D eigenvalue weighted by Gasteiger charge is 2.35. The summed E-state index contributed by atoms with van der Waals surface area (Å²) in [6.07, 6.45) is 3.91. The summed E-state index contributed by atoms with van der Waals surface area (Å²) in [5.41, 5.74) is 5.39. The molecule has 0 atom stereocenters. The van der Waals surface area contributed by atoms with Crippen molar-refractivity contribution in [2.24, 2.45) is 0 Å². The molecule has 0 N–H and O–H groups in total. The molecule has 0 unspecified atom stereocenters. The number of para-hydroxylation sites is 1. The molecule has 6 rings (SSSR count). The van der Waals surface area contributed by atoms with Gasteiger partial charge in [0.05, 0.1) is 11.1 Å². The van der Waals surface area contributed by atoms with Gasteiger partial charge in [0.15, 0.2) is 5.76 Å². The predicted octanol–water partition coefficient (Wildman–Crippen LogP) is 6.08. The highest BCUT2D eigenvalue weighted by Crippen LogP contribution is 2.44. The first-order chi connectivity index (χ1) is 17.0. The van der Waals surface area contributed by atoms with Crippen molar-refractivity contribution in [1.82, 2.24) is 9.47 Å². The fourth-order valence-corrected chi connectivity index (χ4v) is 5.02. The first-order valence-corrected chi connectivity index (χ1v) is 11.8. The Kier molecular flexibility index (Phi) is 5.19. The Morgan fingerprint density at radius 3 is 2.71 bits per heavy atom. The Hall–Kier alpha value is -3.90. The topological polar surface area (TPSA) is 43.7 Å². The van der Waals surface area contributed by atoms with E-state index in [4.69, 9.17) is 9.47 Å². The fraction of sp³-hybridized carbons (Fsp3) is 0.207. The van der Waals surface area contributed by atoms with Crippen LogP contribution < -0.4 is 9.47 Å². The number of allylic oxidation sites excluding steroid dienone is 1. The molecule has 0 saturated heterocycles. The minimum atomic E-state index is -0.254. The van der Waals surface area contributed by atoms with Crippen LogP contribution in [0.3, 0.4) is 0 Å². The third-order valence-electron chi connectivity index (χ3n) is 6.75. The fourth-order valence-electron chi connectivity index (χ4n) is 5.02. The largest absolute Gasteiger partial charge is 0.478 e. The maximum absolute atomic E-state index is 13.4. The smallest absolute Gasteiger partial charge is 0.232 e. The van der Waals surface area contributed by atoms with Crippen molar-refractivity contribution in [3.63, 3.8) is 0 Å². The molecule has 2 aliphatic rings. The lowest BCUT2D eigenvalue weighted by atomic mass is 9.98. The summed E-state index contributed by atoms with van der Waals surface area (Å²) in [6.45, 7) is 6.45. The number of ether oxygens (including phenoxy) is 2. The molecule has 4 aromatic rings. The van der Waals surface area contributed by atoms with E-state index in [2.05, 4.69) is 34.7 Å². The second-order valence-corrected chi connectivity index (χ2v) is 9.09. The standard InChI is InChI=1S/C29H25FN2O3/c1-3-32-15-20(22-6-4-5-7-24(22)32)13-26-28(33)27-18(2)12-25-23(29(27)35-26)16-31(17-34-25)14-19-8-10-21(30)11-9-19/h4-13,15H,3,14,16-17H2,1-2H3/b26-13-. The van der Waals surface area contributed by atoms with E-state index in [0.29, 0.717) is 36.9 Å². The van der Waals surface area contributed by atoms with E-state index in [1.165, 1.54) is 12.1 Å². The van der Waals surface area contributed by atoms with Crippen LogP contribution in [0, 0.1) is 12.7 Å². The van der Waals surface area contributed by atoms with Gasteiger partial charge in [-0.05, 0) is 55.3 Å². The van der Waals surface area contributed by atoms with Crippen molar-refractivity contribution in [2.45, 2.75) is 33.5 Å². The Morgan fingerprint density at radius 2 is 1.91 bits per heavy atom. The number of hydrogen-bond donors (Lipinski definition) is 0. The maximum atomic E-state index is 13.4. The van der Waals surface area contributed by atoms with Gasteiger partial charge in [0.25, 0.3) is 0 Å². The molecule has 1 aromatic heterocycles. The zero-order valence-electron chi connectivity index (χ0n) is 19.7. The Morgan fingerprint density at radius 1 is 1.11 bits per heavy atom. The van der Waals surface area contributed by atoms with Crippen molar-refractivity contribution in [2.75, 3.05) is 6.73 Å². The molecule has 0 saturated carbocycles. The van der Waals surface area contributed by atoms with Gasteiger partial charge in [-0.3, -0.25) is 9.69 Å². The molecular formula is C29H25FN2O3. The zero-order valence-corrected chi connectivity index (χ0v) is 19.7. The molecular weight excluding hydrogens is 443 g/mol. The second kappa shape index (κ2) is 8.40. The van der Waals surface area contributed by atoms with E-state index < -0.39 is 0 Å². The van der Waals surface area contributed by atoms with Gasteiger partial charge in [0, 0.05) is 42.3 Å². The average molecular weight is 469 g/mol. The van der Waals surface area contributed by atoms with Gasteiger partial charge in [0.1, 0.15) is 24.0 Å². The maximum Gasteiger partial charge on any atom is 0.232 e. The molecule has 176 valence electrons. The highest BCUT2D eigenvalue weighted by molar-refractivity contribution is 6.16. The van der Waals surface area contributed by atoms with Crippen molar-refractivity contribution in [3.8, 4) is 11.5 Å². The normalized spacial score (nSPS) is 16.3. The van der Waals surface area contributed by atoms with Crippen LogP contribution in [0.25, 0.3) is 17.0 Å². The summed E-state index contributed by atoms with van der Waals surface area (Å²) in [6, 6.07) is 16.6. The van der Waals surface area contributed by atoms with Crippen molar-refractivity contribution in [1.29, 1.82) is 0 Å². The quantitative estimate of drug-likeness (QED) is 0.341. The number of nitrogens with zero attached hydrogens (tertiary/aromatic N) is 2. The van der Waals surface area contributed by atoms with Gasteiger partial charge in [-0.2, -0.15) is 0 Å². The molecule has 0 radical (unpaired) electrons. The number of Topliss-reactive ketones (excluding diaryl/α,β-unsaturated/α-hetero) is 1. The van der Waals surface area contributed by atoms with E-state index in [1.54, 1.807) is 12.1 Å². The number of halogens is 1. The zero-order chi connectivity index (χ0) is 24.1. The molecule has 0 spiro atoms. The first-order valence-electron chi connectivity index (χ1n) is 11.8. The number of ketones is 1. The third kappa shape index (κ3) is 3.70. The lowest BCUT2D eigenvalue weighted by molar-refractivity contribution is 0.0872. The molecule has 0 fully saturated rings. The summed E-state index contributed by atoms with van der Waals surface area (Å²) in [5, 5.41) is 1.08. The van der Waals surface area contributed by atoms with Crippen LogP contribution >= 0.6 is 0 Å². The van der Waals surface area contributed by atoms with E-state index in [-0.39, 0.29) is 11.6 Å². The minimum Gasteiger partial charge on any atom is -0.478 e. The molecule has 0 aliphatic carbocycles. The number of benzene rings is 3. The highest BCUT2D eigenvalue weighted by atomic mass is 19.1. The first kappa shape index (κ1) is 21.6. The van der Waals surface area contributed by atoms with Gasteiger partial charge in [-0.1, -0.05) is 30.3 Å². The lowest BCUT2D eigenvalue weighted by Crippen LogP contribution is -2.31. The number of rotatable bonds is 4. The van der Waals surface area contributed by atoms with Crippen LogP contribution in [0.5, 0.6) is 11.5 Å². The van der Waals surface area contributed by atoms with Gasteiger partial charge in [-0.25, -0.2) is 4.39 Å². The van der Waals surface area contributed by atoms with Crippen LogP contribution in [0.1, 0.15) is 39.5 Å². The molecule has 35 heavy (non-hydrogen) atoms. The average Bonchev–Trinajstić information content (AvgIpc) is 3.39. The van der Waals surface area contributed by atoms with Crippen molar-refractivity contribution < 1.29 is 18.7 Å². The molecule has 6 heteroatoms. The van der Waals surface area contributed by atoms with E-state index in [0.717, 1.165) is 45.5 Å². The van der Waals surface area contributed by atoms with E-state index in [1.807, 2.05) is 31.2 Å². The second-order valence-electron chi connectivity index (χ2n) is 9.09. The number of hydrogen-bond acceptors (Lipinski definition) is 4. The van der Waals surface area contributed by atoms with E-state index in [9.17, 15) is 9.18 Å². The number of aryl methyl sites for hydroxylation is 2. The summed E-state index contributed by atoms with van der Waals surface area (Å²) in [7, 11) is 0. The lowest BCUT2D eigenvalue weighted by Gasteiger charge is -2.30. The minimum absolute atomic E-state index is 0.107. The predicted molar refractivity (Wildman–Crippen MR) is 133 cm³/mol. The SMILES string of the molecule is CCn1cc(/C=C2\Oc3c4c(cc(C)c3C2=O)OCN(Cc2ccc(F)cc2)C4)c2ccccc21. The van der Waals surface area contributed by atoms with Crippen LogP contribution in [-0.2, 0) is 19.6 Å². The molecule has 2 aliphatic heterocycles. The molecule has 5 nitrogen and oxygen atoms in total. The van der Waals surface area contributed by atoms with Crippen molar-refractivity contribution in [3.05, 3.63) is 100 Å². The molecule has 3 aromatic carbocycles. The van der Waals surface area contributed by atoms with Crippen LogP contribution in [0.15, 0.2) is 66.6 Å². The molecule has 0 bridgehead atoms. The molecule has 3 heterocycles. The van der Waals surface area contributed by atoms with E-state index >= 15 is 0 Å². The van der Waals surface area contributed by atoms with Gasteiger partial charge in [-0.15, -0.1) is 0 Å². The number of carbonyl (C=O) groups is 1.